The zero-order chi connectivity index (χ0) is 20.0. The molecule has 0 radical (unpaired) electrons. The molecule has 28 heavy (non-hydrogen) atoms. The fraction of sp³-hybridized carbons (Fsp3) is 0.600. The summed E-state index contributed by atoms with van der Waals surface area (Å²) in [6.45, 7) is 6.07. The van der Waals surface area contributed by atoms with E-state index in [4.69, 9.17) is 9.47 Å². The normalized spacial score (nSPS) is 12.2. The van der Waals surface area contributed by atoms with Crippen LogP contribution < -0.4 is 9.47 Å². The molecule has 0 fully saturated rings. The summed E-state index contributed by atoms with van der Waals surface area (Å²) < 4.78 is 11.9. The SMILES string of the molecule is CCCCCCCCOc1ccc2cc(OCCCCC(Br)CC)ccc2c1. The van der Waals surface area contributed by atoms with Crippen LogP contribution in [0.1, 0.15) is 78.1 Å². The van der Waals surface area contributed by atoms with Gasteiger partial charge in [-0.1, -0.05) is 74.0 Å². The van der Waals surface area contributed by atoms with Gasteiger partial charge in [0.05, 0.1) is 13.2 Å². The van der Waals surface area contributed by atoms with Gasteiger partial charge in [-0.05, 0) is 67.1 Å². The summed E-state index contributed by atoms with van der Waals surface area (Å²) in [5.74, 6) is 1.93. The maximum atomic E-state index is 5.94. The third-order valence-electron chi connectivity index (χ3n) is 5.17. The first kappa shape index (κ1) is 23.1. The number of unbranched alkanes of at least 4 members (excludes halogenated alkanes) is 6. The number of hydrogen-bond donors (Lipinski definition) is 0. The van der Waals surface area contributed by atoms with Crippen molar-refractivity contribution in [1.82, 2.24) is 0 Å². The summed E-state index contributed by atoms with van der Waals surface area (Å²) in [6, 6.07) is 12.7. The molecule has 0 heterocycles. The quantitative estimate of drug-likeness (QED) is 0.201. The van der Waals surface area contributed by atoms with Crippen LogP contribution in [0, 0.1) is 0 Å². The number of alkyl halides is 1. The van der Waals surface area contributed by atoms with Crippen molar-refractivity contribution in [2.45, 2.75) is 82.9 Å². The third kappa shape index (κ3) is 8.86. The zero-order valence-electron chi connectivity index (χ0n) is 17.7. The van der Waals surface area contributed by atoms with Crippen molar-refractivity contribution in [3.63, 3.8) is 0 Å². The molecule has 1 atom stereocenters. The minimum absolute atomic E-state index is 0.644. The summed E-state index contributed by atoms with van der Waals surface area (Å²) >= 11 is 3.69. The summed E-state index contributed by atoms with van der Waals surface area (Å²) in [6.07, 6.45) is 12.5. The average Bonchev–Trinajstić information content (AvgIpc) is 2.72. The molecule has 2 aromatic carbocycles. The number of rotatable bonds is 15. The lowest BCUT2D eigenvalue weighted by molar-refractivity contribution is 0.304. The van der Waals surface area contributed by atoms with E-state index in [9.17, 15) is 0 Å². The Kier molecular flexibility index (Phi) is 11.4. The molecule has 0 N–H and O–H groups in total. The Balaban J connectivity index is 1.72. The van der Waals surface area contributed by atoms with Crippen molar-refractivity contribution in [2.24, 2.45) is 0 Å². The van der Waals surface area contributed by atoms with E-state index in [1.165, 1.54) is 62.1 Å². The van der Waals surface area contributed by atoms with Crippen LogP contribution in [0.15, 0.2) is 36.4 Å². The second-order valence-electron chi connectivity index (χ2n) is 7.64. The second-order valence-corrected chi connectivity index (χ2v) is 8.93. The maximum Gasteiger partial charge on any atom is 0.119 e. The zero-order valence-corrected chi connectivity index (χ0v) is 19.3. The summed E-state index contributed by atoms with van der Waals surface area (Å²) in [5, 5.41) is 2.41. The van der Waals surface area contributed by atoms with Crippen molar-refractivity contribution in [3.8, 4) is 11.5 Å². The molecule has 0 saturated heterocycles. The van der Waals surface area contributed by atoms with Gasteiger partial charge in [0.2, 0.25) is 0 Å². The lowest BCUT2D eigenvalue weighted by atomic mass is 10.1. The van der Waals surface area contributed by atoms with E-state index < -0.39 is 0 Å². The largest absolute Gasteiger partial charge is 0.494 e. The standard InChI is InChI=1S/C25H37BrO2/c1-3-5-6-7-8-10-17-27-24-15-13-22-20-25(16-14-21(22)19-24)28-18-11-9-12-23(26)4-2/h13-16,19-20,23H,3-12,17-18H2,1-2H3. The van der Waals surface area contributed by atoms with Gasteiger partial charge < -0.3 is 9.47 Å². The van der Waals surface area contributed by atoms with Gasteiger partial charge in [0.25, 0.3) is 0 Å². The Morgan fingerprint density at radius 3 is 1.82 bits per heavy atom. The van der Waals surface area contributed by atoms with Crippen molar-refractivity contribution in [1.29, 1.82) is 0 Å². The van der Waals surface area contributed by atoms with Gasteiger partial charge in [0, 0.05) is 4.83 Å². The minimum Gasteiger partial charge on any atom is -0.494 e. The van der Waals surface area contributed by atoms with Crippen molar-refractivity contribution >= 4 is 26.7 Å². The highest BCUT2D eigenvalue weighted by atomic mass is 79.9. The summed E-state index contributed by atoms with van der Waals surface area (Å²) in [7, 11) is 0. The lowest BCUT2D eigenvalue weighted by Gasteiger charge is -2.10. The number of benzene rings is 2. The molecule has 2 rings (SSSR count). The maximum absolute atomic E-state index is 5.94. The van der Waals surface area contributed by atoms with Gasteiger partial charge in [-0.15, -0.1) is 0 Å². The summed E-state index contributed by atoms with van der Waals surface area (Å²) in [5.41, 5.74) is 0. The molecule has 0 aliphatic carbocycles. The van der Waals surface area contributed by atoms with Crippen LogP contribution in [0.25, 0.3) is 10.8 Å². The molecule has 0 saturated carbocycles. The van der Waals surface area contributed by atoms with Crippen LogP contribution >= 0.6 is 15.9 Å². The fourth-order valence-corrected chi connectivity index (χ4v) is 3.64. The van der Waals surface area contributed by atoms with Crippen LogP contribution in [-0.4, -0.2) is 18.0 Å². The highest BCUT2D eigenvalue weighted by Crippen LogP contribution is 2.25. The van der Waals surface area contributed by atoms with E-state index in [1.54, 1.807) is 0 Å². The fourth-order valence-electron chi connectivity index (χ4n) is 3.32. The number of ether oxygens (including phenoxy) is 2. The molecule has 0 spiro atoms. The van der Waals surface area contributed by atoms with E-state index in [0.717, 1.165) is 37.6 Å². The Labute approximate surface area is 180 Å². The van der Waals surface area contributed by atoms with Crippen LogP contribution in [0.3, 0.4) is 0 Å². The van der Waals surface area contributed by atoms with Gasteiger partial charge in [-0.3, -0.25) is 0 Å². The van der Waals surface area contributed by atoms with E-state index in [2.05, 4.69) is 66.2 Å². The van der Waals surface area contributed by atoms with Gasteiger partial charge >= 0.3 is 0 Å². The Morgan fingerprint density at radius 2 is 1.25 bits per heavy atom. The van der Waals surface area contributed by atoms with Crippen molar-refractivity contribution in [3.05, 3.63) is 36.4 Å². The van der Waals surface area contributed by atoms with Crippen molar-refractivity contribution in [2.75, 3.05) is 13.2 Å². The molecule has 0 aromatic heterocycles. The molecular weight excluding hydrogens is 412 g/mol. The van der Waals surface area contributed by atoms with E-state index in [-0.39, 0.29) is 0 Å². The Bertz CT molecular complexity index is 671. The van der Waals surface area contributed by atoms with Gasteiger partial charge in [0.15, 0.2) is 0 Å². The summed E-state index contributed by atoms with van der Waals surface area (Å²) in [4.78, 5) is 0.644. The molecular formula is C25H37BrO2. The number of hydrogen-bond acceptors (Lipinski definition) is 2. The first-order valence-corrected chi connectivity index (χ1v) is 12.1. The van der Waals surface area contributed by atoms with Crippen LogP contribution in [-0.2, 0) is 0 Å². The molecule has 0 aliphatic heterocycles. The van der Waals surface area contributed by atoms with Gasteiger partial charge in [0.1, 0.15) is 11.5 Å². The highest BCUT2D eigenvalue weighted by Gasteiger charge is 2.03. The second kappa shape index (κ2) is 13.9. The van der Waals surface area contributed by atoms with Gasteiger partial charge in [-0.2, -0.15) is 0 Å². The number of halogens is 1. The number of fused-ring (bicyclic) bond motifs is 1. The Morgan fingerprint density at radius 1 is 0.714 bits per heavy atom. The molecule has 1 unspecified atom stereocenters. The molecule has 0 bridgehead atoms. The topological polar surface area (TPSA) is 18.5 Å². The first-order chi connectivity index (χ1) is 13.7. The molecule has 0 amide bonds. The molecule has 2 nitrogen and oxygen atoms in total. The predicted octanol–water partition coefficient (Wildman–Crippen LogP) is 8.30. The first-order valence-electron chi connectivity index (χ1n) is 11.2. The third-order valence-corrected chi connectivity index (χ3v) is 6.28. The predicted molar refractivity (Wildman–Crippen MR) is 125 cm³/mol. The molecule has 0 aliphatic rings. The Hall–Kier alpha value is -1.22. The minimum atomic E-state index is 0.644. The monoisotopic (exact) mass is 448 g/mol. The van der Waals surface area contributed by atoms with Crippen LogP contribution in [0.5, 0.6) is 11.5 Å². The molecule has 3 heteroatoms. The van der Waals surface area contributed by atoms with Crippen molar-refractivity contribution < 1.29 is 9.47 Å². The van der Waals surface area contributed by atoms with E-state index >= 15 is 0 Å². The van der Waals surface area contributed by atoms with Crippen LogP contribution in [0.2, 0.25) is 0 Å². The lowest BCUT2D eigenvalue weighted by Crippen LogP contribution is -2.00. The average molecular weight is 449 g/mol. The van der Waals surface area contributed by atoms with E-state index in [1.807, 2.05) is 0 Å². The smallest absolute Gasteiger partial charge is 0.119 e. The molecule has 156 valence electrons. The van der Waals surface area contributed by atoms with E-state index in [0.29, 0.717) is 4.83 Å². The van der Waals surface area contributed by atoms with Crippen LogP contribution in [0.4, 0.5) is 0 Å². The van der Waals surface area contributed by atoms with Gasteiger partial charge in [-0.25, -0.2) is 0 Å². The highest BCUT2D eigenvalue weighted by molar-refractivity contribution is 9.09. The molecule has 2 aromatic rings.